The second-order valence-electron chi connectivity index (χ2n) is 6.10. The number of ether oxygens (including phenoxy) is 1. The number of likely N-dealkylation sites (N-methyl/N-ethyl adjacent to an activating group) is 1. The Morgan fingerprint density at radius 2 is 1.96 bits per heavy atom. The molecule has 1 N–H and O–H groups in total. The van der Waals surface area contributed by atoms with Crippen molar-refractivity contribution in [1.82, 2.24) is 4.90 Å². The van der Waals surface area contributed by atoms with E-state index >= 15 is 0 Å². The summed E-state index contributed by atoms with van der Waals surface area (Å²) in [7, 11) is 0. The van der Waals surface area contributed by atoms with Crippen molar-refractivity contribution < 1.29 is 14.8 Å². The molecule has 1 saturated carbocycles. The Balaban J connectivity index is 1.78. The number of benzene rings is 1. The van der Waals surface area contributed by atoms with E-state index in [0.717, 1.165) is 6.54 Å². The van der Waals surface area contributed by atoms with Crippen LogP contribution in [0, 0.1) is 10.1 Å². The van der Waals surface area contributed by atoms with E-state index in [1.807, 2.05) is 0 Å². The number of nitrogens with zero attached hydrogens (tertiary/aromatic N) is 2. The van der Waals surface area contributed by atoms with E-state index in [1.54, 1.807) is 12.1 Å². The molecule has 128 valence electrons. The fourth-order valence-electron chi connectivity index (χ4n) is 3.16. The van der Waals surface area contributed by atoms with Gasteiger partial charge in [0.2, 0.25) is 0 Å². The molecule has 1 aromatic carbocycles. The minimum atomic E-state index is -0.563. The summed E-state index contributed by atoms with van der Waals surface area (Å²) >= 11 is 0. The number of nitro benzene ring substituents is 1. The van der Waals surface area contributed by atoms with Gasteiger partial charge < -0.3 is 9.84 Å². The van der Waals surface area contributed by atoms with Crippen LogP contribution in [0.4, 0.5) is 5.69 Å². The van der Waals surface area contributed by atoms with Crippen LogP contribution in [0.25, 0.3) is 0 Å². The van der Waals surface area contributed by atoms with Crippen LogP contribution in [-0.4, -0.2) is 46.8 Å². The molecular formula is C17H26N2O4. The second-order valence-corrected chi connectivity index (χ2v) is 6.10. The van der Waals surface area contributed by atoms with Crippen molar-refractivity contribution in [3.63, 3.8) is 0 Å². The van der Waals surface area contributed by atoms with Gasteiger partial charge in [0.25, 0.3) is 5.69 Å². The molecule has 0 saturated heterocycles. The number of non-ortho nitro benzene ring substituents is 1. The first kappa shape index (κ1) is 17.7. The average molecular weight is 322 g/mol. The second kappa shape index (κ2) is 8.84. The van der Waals surface area contributed by atoms with Crippen molar-refractivity contribution in [3.05, 3.63) is 34.4 Å². The van der Waals surface area contributed by atoms with Gasteiger partial charge >= 0.3 is 0 Å². The van der Waals surface area contributed by atoms with Gasteiger partial charge in [-0.05, 0) is 31.5 Å². The highest BCUT2D eigenvalue weighted by Gasteiger charge is 2.22. The summed E-state index contributed by atoms with van der Waals surface area (Å²) in [6.07, 6.45) is 5.73. The molecule has 1 aliphatic carbocycles. The fourth-order valence-corrected chi connectivity index (χ4v) is 3.16. The van der Waals surface area contributed by atoms with Crippen molar-refractivity contribution in [2.24, 2.45) is 0 Å². The zero-order valence-corrected chi connectivity index (χ0v) is 13.7. The number of hydrogen-bond donors (Lipinski definition) is 1. The summed E-state index contributed by atoms with van der Waals surface area (Å²) in [5.74, 6) is 0.537. The maximum absolute atomic E-state index is 10.6. The van der Waals surface area contributed by atoms with E-state index in [-0.39, 0.29) is 12.3 Å². The van der Waals surface area contributed by atoms with E-state index in [4.69, 9.17) is 4.74 Å². The van der Waals surface area contributed by atoms with Gasteiger partial charge in [0.1, 0.15) is 18.5 Å². The molecule has 0 unspecified atom stereocenters. The molecule has 1 aromatic rings. The molecule has 0 aliphatic heterocycles. The Kier molecular flexibility index (Phi) is 6.80. The van der Waals surface area contributed by atoms with Gasteiger partial charge in [0.05, 0.1) is 4.92 Å². The van der Waals surface area contributed by atoms with E-state index in [0.29, 0.717) is 18.3 Å². The fraction of sp³-hybridized carbons (Fsp3) is 0.647. The van der Waals surface area contributed by atoms with Crippen molar-refractivity contribution in [3.8, 4) is 5.75 Å². The van der Waals surface area contributed by atoms with Crippen LogP contribution in [0.3, 0.4) is 0 Å². The van der Waals surface area contributed by atoms with Gasteiger partial charge in [0.15, 0.2) is 0 Å². The smallest absolute Gasteiger partial charge is 0.269 e. The third-order valence-electron chi connectivity index (χ3n) is 4.43. The zero-order valence-electron chi connectivity index (χ0n) is 13.7. The van der Waals surface area contributed by atoms with Gasteiger partial charge in [-0.3, -0.25) is 15.0 Å². The van der Waals surface area contributed by atoms with Gasteiger partial charge in [-0.2, -0.15) is 0 Å². The van der Waals surface area contributed by atoms with Crippen LogP contribution in [0.1, 0.15) is 39.0 Å². The molecule has 1 atom stereocenters. The molecule has 23 heavy (non-hydrogen) atoms. The molecule has 0 aromatic heterocycles. The normalized spacial score (nSPS) is 17.2. The molecule has 2 rings (SSSR count). The Bertz CT molecular complexity index is 486. The Labute approximate surface area is 137 Å². The lowest BCUT2D eigenvalue weighted by molar-refractivity contribution is -0.384. The van der Waals surface area contributed by atoms with Crippen LogP contribution >= 0.6 is 0 Å². The monoisotopic (exact) mass is 322 g/mol. The van der Waals surface area contributed by atoms with Gasteiger partial charge in [-0.25, -0.2) is 0 Å². The lowest BCUT2D eigenvalue weighted by Crippen LogP contribution is -2.43. The first-order valence-electron chi connectivity index (χ1n) is 8.39. The van der Waals surface area contributed by atoms with E-state index in [2.05, 4.69) is 11.8 Å². The van der Waals surface area contributed by atoms with Crippen LogP contribution < -0.4 is 4.74 Å². The van der Waals surface area contributed by atoms with E-state index in [1.165, 1.54) is 44.2 Å². The van der Waals surface area contributed by atoms with Crippen LogP contribution in [-0.2, 0) is 0 Å². The molecular weight excluding hydrogens is 296 g/mol. The van der Waals surface area contributed by atoms with E-state index < -0.39 is 11.0 Å². The summed E-state index contributed by atoms with van der Waals surface area (Å²) in [6, 6.07) is 6.50. The van der Waals surface area contributed by atoms with E-state index in [9.17, 15) is 15.2 Å². The summed E-state index contributed by atoms with van der Waals surface area (Å²) in [5, 5.41) is 20.8. The number of hydrogen-bond acceptors (Lipinski definition) is 5. The molecule has 0 radical (unpaired) electrons. The van der Waals surface area contributed by atoms with Crippen molar-refractivity contribution in [1.29, 1.82) is 0 Å². The Morgan fingerprint density at radius 3 is 2.52 bits per heavy atom. The third-order valence-corrected chi connectivity index (χ3v) is 4.43. The quantitative estimate of drug-likeness (QED) is 0.588. The predicted octanol–water partition coefficient (Wildman–Crippen LogP) is 2.99. The number of aliphatic hydroxyl groups excluding tert-OH is 1. The molecule has 0 spiro atoms. The highest BCUT2D eigenvalue weighted by atomic mass is 16.6. The number of nitro groups is 1. The maximum Gasteiger partial charge on any atom is 0.269 e. The maximum atomic E-state index is 10.6. The number of aliphatic hydroxyl groups is 1. The highest BCUT2D eigenvalue weighted by Crippen LogP contribution is 2.23. The minimum Gasteiger partial charge on any atom is -0.491 e. The summed E-state index contributed by atoms with van der Waals surface area (Å²) in [6.45, 7) is 3.85. The minimum absolute atomic E-state index is 0.0346. The molecule has 6 nitrogen and oxygen atoms in total. The highest BCUT2D eigenvalue weighted by molar-refractivity contribution is 5.35. The van der Waals surface area contributed by atoms with Crippen molar-refractivity contribution in [2.75, 3.05) is 19.7 Å². The van der Waals surface area contributed by atoms with Gasteiger partial charge in [-0.15, -0.1) is 0 Å². The lowest BCUT2D eigenvalue weighted by Gasteiger charge is -2.34. The SMILES string of the molecule is CCN(C[C@@H](O)COc1ccc([N+](=O)[O-])cc1)C1CCCCC1. The van der Waals surface area contributed by atoms with Crippen LogP contribution in [0.15, 0.2) is 24.3 Å². The lowest BCUT2D eigenvalue weighted by atomic mass is 9.94. The first-order chi connectivity index (χ1) is 11.1. The Morgan fingerprint density at radius 1 is 1.30 bits per heavy atom. The molecule has 0 bridgehead atoms. The molecule has 0 amide bonds. The van der Waals surface area contributed by atoms with Gasteiger partial charge in [0, 0.05) is 24.7 Å². The molecule has 0 heterocycles. The first-order valence-corrected chi connectivity index (χ1v) is 8.39. The predicted molar refractivity (Wildman–Crippen MR) is 88.7 cm³/mol. The number of rotatable bonds is 8. The zero-order chi connectivity index (χ0) is 16.7. The summed E-state index contributed by atoms with van der Waals surface area (Å²) in [5.41, 5.74) is 0.0346. The summed E-state index contributed by atoms with van der Waals surface area (Å²) < 4.78 is 5.54. The Hall–Kier alpha value is -1.66. The topological polar surface area (TPSA) is 75.8 Å². The molecule has 1 aliphatic rings. The standard InChI is InChI=1S/C17H26N2O4/c1-2-18(14-6-4-3-5-7-14)12-16(20)13-23-17-10-8-15(9-11-17)19(21)22/h8-11,14,16,20H,2-7,12-13H2,1H3/t16-/m1/s1. The average Bonchev–Trinajstić information content (AvgIpc) is 2.59. The molecule has 6 heteroatoms. The largest absolute Gasteiger partial charge is 0.491 e. The third kappa shape index (κ3) is 5.48. The van der Waals surface area contributed by atoms with Crippen LogP contribution in [0.2, 0.25) is 0 Å². The van der Waals surface area contributed by atoms with Crippen LogP contribution in [0.5, 0.6) is 5.75 Å². The molecule has 1 fully saturated rings. The van der Waals surface area contributed by atoms with Crippen molar-refractivity contribution >= 4 is 5.69 Å². The summed E-state index contributed by atoms with van der Waals surface area (Å²) in [4.78, 5) is 12.5. The van der Waals surface area contributed by atoms with Crippen molar-refractivity contribution in [2.45, 2.75) is 51.2 Å². The van der Waals surface area contributed by atoms with Gasteiger partial charge in [-0.1, -0.05) is 26.2 Å².